The van der Waals surface area contributed by atoms with E-state index in [-0.39, 0.29) is 35.0 Å². The molecule has 8 heteroatoms. The van der Waals surface area contributed by atoms with Crippen LogP contribution in [-0.4, -0.2) is 38.4 Å². The molecule has 5 rings (SSSR count). The third-order valence-electron chi connectivity index (χ3n) is 12.6. The first-order valence-corrected chi connectivity index (χ1v) is 18.6. The number of nitrogens with one attached hydrogen (secondary N) is 1. The lowest BCUT2D eigenvalue weighted by atomic mass is 9.42. The number of fused-ring (bicyclic) bond motifs is 5. The van der Waals surface area contributed by atoms with E-state index >= 15 is 0 Å². The summed E-state index contributed by atoms with van der Waals surface area (Å²) in [7, 11) is -4.05. The summed E-state index contributed by atoms with van der Waals surface area (Å²) in [6.45, 7) is 15.5. The van der Waals surface area contributed by atoms with Gasteiger partial charge in [0.15, 0.2) is 0 Å². The van der Waals surface area contributed by atoms with Gasteiger partial charge in [0.2, 0.25) is 0 Å². The van der Waals surface area contributed by atoms with Crippen molar-refractivity contribution >= 4 is 16.1 Å². The van der Waals surface area contributed by atoms with Crippen molar-refractivity contribution in [3.05, 3.63) is 36.9 Å². The summed E-state index contributed by atoms with van der Waals surface area (Å²) in [5, 5.41) is 10.6. The van der Waals surface area contributed by atoms with Crippen molar-refractivity contribution in [3.63, 3.8) is 0 Å². The molecule has 0 radical (unpaired) electrons. The fraction of sp³-hybridized carbons (Fsp3) is 0.750. The van der Waals surface area contributed by atoms with Crippen LogP contribution in [0.1, 0.15) is 98.8 Å². The zero-order valence-electron chi connectivity index (χ0n) is 27.5. The zero-order valence-corrected chi connectivity index (χ0v) is 28.3. The smallest absolute Gasteiger partial charge is 0.421 e. The number of carbonyl (C=O) groups excluding carboxylic acids is 1. The van der Waals surface area contributed by atoms with Crippen molar-refractivity contribution in [1.82, 2.24) is 4.72 Å². The van der Waals surface area contributed by atoms with E-state index in [9.17, 15) is 18.3 Å². The molecule has 246 valence electrons. The first-order valence-electron chi connectivity index (χ1n) is 17.1. The Balaban J connectivity index is 1.19. The topological polar surface area (TPSA) is 102 Å². The first kappa shape index (κ1) is 33.3. The number of hydrogen-bond donors (Lipinski definition) is 2. The quantitative estimate of drug-likeness (QED) is 0.257. The Morgan fingerprint density at radius 1 is 1.05 bits per heavy atom. The monoisotopic (exact) mass is 629 g/mol. The van der Waals surface area contributed by atoms with Gasteiger partial charge in [0.1, 0.15) is 5.75 Å². The maximum atomic E-state index is 12.7. The minimum absolute atomic E-state index is 0.0207. The molecule has 0 aromatic heterocycles. The average Bonchev–Trinajstić information content (AvgIpc) is 3.32. The van der Waals surface area contributed by atoms with Crippen molar-refractivity contribution in [2.45, 2.75) is 116 Å². The van der Waals surface area contributed by atoms with Crippen LogP contribution in [0.4, 0.5) is 4.79 Å². The Kier molecular flexibility index (Phi) is 9.82. The standard InChI is InChI=1S/C36H55NO6S/c1-7-24(17-20-42-34(39)37-44(40,41)28-11-9-27(10-12-28)43-23(3)4)30-13-14-31-29-21-25(8-2)33-22-26(38)15-18-36(33,6)32(29)16-19-35(30,31)5/h7,9-12,23-26,29-33,38H,1,8,13-22H2,2-6H3,(H,37,39)/t24?,25-,26+,29?,30?,31?,32-,33-,35+,36+/m0/s1. The number of rotatable bonds is 10. The second-order valence-electron chi connectivity index (χ2n) is 15.1. The van der Waals surface area contributed by atoms with Crippen LogP contribution in [0.5, 0.6) is 5.75 Å². The van der Waals surface area contributed by atoms with Crippen LogP contribution in [0.2, 0.25) is 0 Å². The zero-order chi connectivity index (χ0) is 31.9. The van der Waals surface area contributed by atoms with E-state index in [1.165, 1.54) is 44.2 Å². The summed E-state index contributed by atoms with van der Waals surface area (Å²) in [5.41, 5.74) is 0.568. The van der Waals surface area contributed by atoms with Crippen LogP contribution in [-0.2, 0) is 14.8 Å². The fourth-order valence-electron chi connectivity index (χ4n) is 10.6. The SMILES string of the molecule is C=CC(CCOC(=O)NS(=O)(=O)c1ccc(OC(C)C)cc1)C1CCC2C3C[C@H](CC)[C@@H]4C[C@H](O)CC[C@]4(C)[C@H]3CC[C@]12C. The van der Waals surface area contributed by atoms with E-state index in [1.807, 2.05) is 24.6 Å². The highest BCUT2D eigenvalue weighted by atomic mass is 32.2. The van der Waals surface area contributed by atoms with Crippen molar-refractivity contribution in [2.75, 3.05) is 6.61 Å². The van der Waals surface area contributed by atoms with Gasteiger partial charge in [-0.05, 0) is 148 Å². The summed E-state index contributed by atoms with van der Waals surface area (Å²) in [5.74, 6) is 4.77. The third-order valence-corrected chi connectivity index (χ3v) is 14.0. The highest BCUT2D eigenvalue weighted by molar-refractivity contribution is 7.90. The van der Waals surface area contributed by atoms with Crippen molar-refractivity contribution in [3.8, 4) is 5.75 Å². The lowest BCUT2D eigenvalue weighted by Gasteiger charge is -2.63. The normalized spacial score (nSPS) is 37.3. The van der Waals surface area contributed by atoms with Gasteiger partial charge in [-0.2, -0.15) is 0 Å². The summed E-state index contributed by atoms with van der Waals surface area (Å²) in [6.07, 6.45) is 12.0. The molecule has 1 aromatic carbocycles. The van der Waals surface area contributed by atoms with E-state index in [1.54, 1.807) is 12.1 Å². The van der Waals surface area contributed by atoms with Crippen molar-refractivity contribution in [1.29, 1.82) is 0 Å². The number of amides is 1. The van der Waals surface area contributed by atoms with Crippen LogP contribution in [0.15, 0.2) is 41.8 Å². The van der Waals surface area contributed by atoms with Gasteiger partial charge in [-0.15, -0.1) is 6.58 Å². The molecule has 1 amide bonds. The lowest BCUT2D eigenvalue weighted by Crippen LogP contribution is -2.56. The fourth-order valence-corrected chi connectivity index (χ4v) is 11.5. The van der Waals surface area contributed by atoms with Crippen LogP contribution >= 0.6 is 0 Å². The lowest BCUT2D eigenvalue weighted by molar-refractivity contribution is -0.152. The summed E-state index contributed by atoms with van der Waals surface area (Å²) < 4.78 is 38.5. The second-order valence-corrected chi connectivity index (χ2v) is 16.8. The predicted molar refractivity (Wildman–Crippen MR) is 173 cm³/mol. The largest absolute Gasteiger partial charge is 0.491 e. The molecular weight excluding hydrogens is 574 g/mol. The number of aliphatic hydroxyl groups excluding tert-OH is 1. The highest BCUT2D eigenvalue weighted by Gasteiger charge is 2.62. The molecule has 10 atom stereocenters. The number of aliphatic hydroxyl groups is 1. The Bertz CT molecular complexity index is 1280. The molecule has 7 nitrogen and oxygen atoms in total. The van der Waals surface area contributed by atoms with Gasteiger partial charge in [0.05, 0.1) is 23.7 Å². The van der Waals surface area contributed by atoms with E-state index in [0.717, 1.165) is 37.5 Å². The van der Waals surface area contributed by atoms with E-state index in [0.29, 0.717) is 41.3 Å². The molecule has 4 aliphatic rings. The van der Waals surface area contributed by atoms with E-state index < -0.39 is 16.1 Å². The Labute approximate surface area is 265 Å². The molecule has 0 aliphatic heterocycles. The summed E-state index contributed by atoms with van der Waals surface area (Å²) in [4.78, 5) is 12.5. The maximum absolute atomic E-state index is 12.7. The third kappa shape index (κ3) is 6.31. The number of ether oxygens (including phenoxy) is 2. The minimum atomic E-state index is -4.05. The second kappa shape index (κ2) is 13.0. The highest BCUT2D eigenvalue weighted by Crippen LogP contribution is 2.69. The molecule has 0 heterocycles. The van der Waals surface area contributed by atoms with Gasteiger partial charge in [0.25, 0.3) is 10.0 Å². The molecule has 4 saturated carbocycles. The van der Waals surface area contributed by atoms with Crippen LogP contribution in [0.25, 0.3) is 0 Å². The molecule has 4 fully saturated rings. The molecule has 1 aromatic rings. The van der Waals surface area contributed by atoms with Crippen LogP contribution < -0.4 is 9.46 Å². The van der Waals surface area contributed by atoms with Crippen LogP contribution in [0.3, 0.4) is 0 Å². The number of hydrogen-bond acceptors (Lipinski definition) is 6. The molecule has 0 bridgehead atoms. The summed E-state index contributed by atoms with van der Waals surface area (Å²) in [6, 6.07) is 5.98. The van der Waals surface area contributed by atoms with Crippen molar-refractivity contribution < 1.29 is 27.8 Å². The van der Waals surface area contributed by atoms with E-state index in [2.05, 4.69) is 27.4 Å². The van der Waals surface area contributed by atoms with Gasteiger partial charge in [-0.25, -0.2) is 17.9 Å². The number of sulfonamides is 1. The minimum Gasteiger partial charge on any atom is -0.491 e. The molecule has 0 spiro atoms. The van der Waals surface area contributed by atoms with Gasteiger partial charge >= 0.3 is 6.09 Å². The number of carbonyl (C=O) groups is 1. The molecule has 4 unspecified atom stereocenters. The predicted octanol–water partition coefficient (Wildman–Crippen LogP) is 7.74. The first-order chi connectivity index (χ1) is 20.8. The Morgan fingerprint density at radius 3 is 2.39 bits per heavy atom. The molecule has 2 N–H and O–H groups in total. The number of allylic oxidation sites excluding steroid dienone is 1. The number of benzene rings is 1. The average molecular weight is 630 g/mol. The van der Waals surface area contributed by atoms with Crippen LogP contribution in [0, 0.1) is 52.3 Å². The van der Waals surface area contributed by atoms with Gasteiger partial charge in [-0.1, -0.05) is 33.3 Å². The Morgan fingerprint density at radius 2 is 1.73 bits per heavy atom. The van der Waals surface area contributed by atoms with Gasteiger partial charge in [-0.3, -0.25) is 0 Å². The molecule has 44 heavy (non-hydrogen) atoms. The van der Waals surface area contributed by atoms with Gasteiger partial charge < -0.3 is 14.6 Å². The van der Waals surface area contributed by atoms with Crippen molar-refractivity contribution in [2.24, 2.45) is 52.3 Å². The molecule has 0 saturated heterocycles. The molecule has 4 aliphatic carbocycles. The maximum Gasteiger partial charge on any atom is 0.421 e. The molecular formula is C36H55NO6S. The van der Waals surface area contributed by atoms with Gasteiger partial charge in [0, 0.05) is 0 Å². The summed E-state index contributed by atoms with van der Waals surface area (Å²) >= 11 is 0. The van der Waals surface area contributed by atoms with E-state index in [4.69, 9.17) is 9.47 Å². The Hall–Kier alpha value is -2.06.